The summed E-state index contributed by atoms with van der Waals surface area (Å²) in [4.78, 5) is 2.51. The number of hydrogen-bond acceptors (Lipinski definition) is 2. The summed E-state index contributed by atoms with van der Waals surface area (Å²) in [5.74, 6) is 0.882. The van der Waals surface area contributed by atoms with Gasteiger partial charge in [-0.1, -0.05) is 20.3 Å². The van der Waals surface area contributed by atoms with Crippen molar-refractivity contribution in [2.75, 3.05) is 32.8 Å². The van der Waals surface area contributed by atoms with Gasteiger partial charge in [-0.25, -0.2) is 0 Å². The van der Waals surface area contributed by atoms with E-state index in [0.29, 0.717) is 0 Å². The van der Waals surface area contributed by atoms with Gasteiger partial charge in [-0.3, -0.25) is 4.90 Å². The normalized spacial score (nSPS) is 22.5. The van der Waals surface area contributed by atoms with Crippen molar-refractivity contribution in [3.8, 4) is 0 Å². The van der Waals surface area contributed by atoms with Gasteiger partial charge in [0, 0.05) is 13.1 Å². The molecule has 0 N–H and O–H groups in total. The third kappa shape index (κ3) is 3.55. The summed E-state index contributed by atoms with van der Waals surface area (Å²) < 4.78 is 5.29. The van der Waals surface area contributed by atoms with Gasteiger partial charge in [-0.2, -0.15) is 0 Å². The number of morpholine rings is 1. The molecule has 1 atom stereocenters. The fourth-order valence-corrected chi connectivity index (χ4v) is 1.43. The van der Waals surface area contributed by atoms with Crippen LogP contribution < -0.4 is 0 Å². The number of ether oxygens (including phenoxy) is 1. The van der Waals surface area contributed by atoms with E-state index in [9.17, 15) is 0 Å². The van der Waals surface area contributed by atoms with E-state index in [1.165, 1.54) is 19.4 Å². The average molecular weight is 171 g/mol. The molecule has 2 heteroatoms. The minimum Gasteiger partial charge on any atom is -0.379 e. The van der Waals surface area contributed by atoms with E-state index in [2.05, 4.69) is 18.7 Å². The minimum atomic E-state index is 0.882. The Hall–Kier alpha value is -0.0800. The zero-order valence-electron chi connectivity index (χ0n) is 8.38. The first-order valence-corrected chi connectivity index (χ1v) is 5.13. The Morgan fingerprint density at radius 2 is 2.00 bits per heavy atom. The van der Waals surface area contributed by atoms with Crippen LogP contribution in [0.4, 0.5) is 0 Å². The van der Waals surface area contributed by atoms with Crippen molar-refractivity contribution in [3.05, 3.63) is 0 Å². The Kier molecular flexibility index (Phi) is 4.62. The predicted octanol–water partition coefficient (Wildman–Crippen LogP) is 1.75. The largest absolute Gasteiger partial charge is 0.379 e. The van der Waals surface area contributed by atoms with Crippen LogP contribution in [0.25, 0.3) is 0 Å². The maximum absolute atomic E-state index is 5.29. The van der Waals surface area contributed by atoms with Crippen LogP contribution in [0.3, 0.4) is 0 Å². The molecule has 0 bridgehead atoms. The molecule has 0 radical (unpaired) electrons. The van der Waals surface area contributed by atoms with Crippen LogP contribution in [0.2, 0.25) is 0 Å². The van der Waals surface area contributed by atoms with Crippen molar-refractivity contribution in [3.63, 3.8) is 0 Å². The Bertz CT molecular complexity index is 110. The lowest BCUT2D eigenvalue weighted by Gasteiger charge is -2.27. The highest BCUT2D eigenvalue weighted by Gasteiger charge is 2.10. The summed E-state index contributed by atoms with van der Waals surface area (Å²) in [5.41, 5.74) is 0. The molecule has 0 aromatic heterocycles. The first-order valence-electron chi connectivity index (χ1n) is 5.13. The van der Waals surface area contributed by atoms with Crippen LogP contribution in [-0.4, -0.2) is 37.7 Å². The van der Waals surface area contributed by atoms with Crippen LogP contribution in [0.15, 0.2) is 0 Å². The molecular weight excluding hydrogens is 150 g/mol. The molecule has 0 saturated carbocycles. The van der Waals surface area contributed by atoms with Crippen molar-refractivity contribution in [2.45, 2.75) is 26.7 Å². The van der Waals surface area contributed by atoms with Crippen molar-refractivity contribution in [1.29, 1.82) is 0 Å². The lowest BCUT2D eigenvalue weighted by molar-refractivity contribution is 0.0356. The number of nitrogens with zero attached hydrogens (tertiary/aromatic N) is 1. The minimum absolute atomic E-state index is 0.882. The fourth-order valence-electron chi connectivity index (χ4n) is 1.43. The molecule has 2 nitrogen and oxygen atoms in total. The van der Waals surface area contributed by atoms with Gasteiger partial charge >= 0.3 is 0 Å². The zero-order valence-corrected chi connectivity index (χ0v) is 8.38. The lowest BCUT2D eigenvalue weighted by atomic mass is 10.1. The van der Waals surface area contributed by atoms with Gasteiger partial charge < -0.3 is 4.74 Å². The zero-order chi connectivity index (χ0) is 8.81. The van der Waals surface area contributed by atoms with Gasteiger partial charge in [0.25, 0.3) is 0 Å². The van der Waals surface area contributed by atoms with Crippen LogP contribution >= 0.6 is 0 Å². The molecule has 0 aliphatic carbocycles. The highest BCUT2D eigenvalue weighted by Crippen LogP contribution is 2.08. The van der Waals surface area contributed by atoms with E-state index in [4.69, 9.17) is 4.74 Å². The molecule has 1 rings (SSSR count). The second-order valence-electron chi connectivity index (χ2n) is 3.76. The van der Waals surface area contributed by atoms with E-state index in [-0.39, 0.29) is 0 Å². The van der Waals surface area contributed by atoms with Crippen LogP contribution in [-0.2, 0) is 4.74 Å². The molecule has 0 aromatic carbocycles. The maximum Gasteiger partial charge on any atom is 0.0594 e. The van der Waals surface area contributed by atoms with E-state index < -0.39 is 0 Å². The average Bonchev–Trinajstić information content (AvgIpc) is 2.16. The standard InChI is InChI=1S/C10H21NO/c1-3-10(2)4-5-11-6-8-12-9-7-11/h10H,3-9H2,1-2H3/t10-/m0/s1. The summed E-state index contributed by atoms with van der Waals surface area (Å²) in [5, 5.41) is 0. The first kappa shape index (κ1) is 10.0. The Morgan fingerprint density at radius 3 is 2.58 bits per heavy atom. The molecule has 0 unspecified atom stereocenters. The molecule has 0 spiro atoms. The molecule has 72 valence electrons. The quantitative estimate of drug-likeness (QED) is 0.639. The summed E-state index contributed by atoms with van der Waals surface area (Å²) in [6.45, 7) is 10.00. The Balaban J connectivity index is 2.05. The van der Waals surface area contributed by atoms with Gasteiger partial charge in [0.2, 0.25) is 0 Å². The highest BCUT2D eigenvalue weighted by molar-refractivity contribution is 4.63. The van der Waals surface area contributed by atoms with Crippen molar-refractivity contribution < 1.29 is 4.74 Å². The van der Waals surface area contributed by atoms with Crippen LogP contribution in [0.5, 0.6) is 0 Å². The third-order valence-corrected chi connectivity index (χ3v) is 2.74. The Labute approximate surface area is 75.9 Å². The number of rotatable bonds is 4. The lowest BCUT2D eigenvalue weighted by Crippen LogP contribution is -2.37. The fraction of sp³-hybridized carbons (Fsp3) is 1.00. The molecule has 12 heavy (non-hydrogen) atoms. The summed E-state index contributed by atoms with van der Waals surface area (Å²) in [7, 11) is 0. The van der Waals surface area contributed by atoms with E-state index in [0.717, 1.165) is 32.2 Å². The monoisotopic (exact) mass is 171 g/mol. The molecule has 1 aliphatic heterocycles. The molecule has 1 heterocycles. The van der Waals surface area contributed by atoms with Crippen molar-refractivity contribution >= 4 is 0 Å². The van der Waals surface area contributed by atoms with Crippen molar-refractivity contribution in [2.24, 2.45) is 5.92 Å². The Morgan fingerprint density at radius 1 is 1.33 bits per heavy atom. The molecule has 1 aliphatic rings. The van der Waals surface area contributed by atoms with Gasteiger partial charge in [-0.05, 0) is 18.9 Å². The maximum atomic E-state index is 5.29. The SMILES string of the molecule is CC[C@H](C)CCN1CCOCC1. The van der Waals surface area contributed by atoms with Gasteiger partial charge in [-0.15, -0.1) is 0 Å². The van der Waals surface area contributed by atoms with Crippen LogP contribution in [0, 0.1) is 5.92 Å². The third-order valence-electron chi connectivity index (χ3n) is 2.74. The van der Waals surface area contributed by atoms with Gasteiger partial charge in [0.05, 0.1) is 13.2 Å². The smallest absolute Gasteiger partial charge is 0.0594 e. The van der Waals surface area contributed by atoms with Gasteiger partial charge in [0.15, 0.2) is 0 Å². The second kappa shape index (κ2) is 5.55. The first-order chi connectivity index (χ1) is 5.83. The topological polar surface area (TPSA) is 12.5 Å². The van der Waals surface area contributed by atoms with E-state index in [1.807, 2.05) is 0 Å². The summed E-state index contributed by atoms with van der Waals surface area (Å²) in [6, 6.07) is 0. The van der Waals surface area contributed by atoms with E-state index >= 15 is 0 Å². The molecule has 1 saturated heterocycles. The summed E-state index contributed by atoms with van der Waals surface area (Å²) in [6.07, 6.45) is 2.65. The molecule has 0 aromatic rings. The van der Waals surface area contributed by atoms with E-state index in [1.54, 1.807) is 0 Å². The predicted molar refractivity (Wildman–Crippen MR) is 51.3 cm³/mol. The van der Waals surface area contributed by atoms with Crippen LogP contribution in [0.1, 0.15) is 26.7 Å². The van der Waals surface area contributed by atoms with Gasteiger partial charge in [0.1, 0.15) is 0 Å². The summed E-state index contributed by atoms with van der Waals surface area (Å²) >= 11 is 0. The number of hydrogen-bond donors (Lipinski definition) is 0. The molecule has 1 fully saturated rings. The van der Waals surface area contributed by atoms with Crippen molar-refractivity contribution in [1.82, 2.24) is 4.90 Å². The molecule has 0 amide bonds. The molecular formula is C10H21NO. The highest BCUT2D eigenvalue weighted by atomic mass is 16.5. The second-order valence-corrected chi connectivity index (χ2v) is 3.76.